The summed E-state index contributed by atoms with van der Waals surface area (Å²) in [5, 5.41) is 0. The second-order valence-corrected chi connectivity index (χ2v) is 3.17. The van der Waals surface area contributed by atoms with Crippen LogP contribution in [-0.4, -0.2) is 6.26 Å². The Balaban J connectivity index is 0.000000671. The van der Waals surface area contributed by atoms with Crippen LogP contribution in [0, 0.1) is 5.82 Å². The zero-order valence-corrected chi connectivity index (χ0v) is 9.54. The number of thioether (sulfide) groups is 1. The third-order valence-corrected chi connectivity index (χ3v) is 2.40. The van der Waals surface area contributed by atoms with Gasteiger partial charge in [-0.05, 0) is 30.4 Å². The van der Waals surface area contributed by atoms with Crippen molar-refractivity contribution in [1.29, 1.82) is 0 Å². The van der Waals surface area contributed by atoms with Gasteiger partial charge in [-0.3, -0.25) is 0 Å². The molecular formula is C11H17FS. The largest absolute Gasteiger partial charge is 0.206 e. The molecule has 0 fully saturated rings. The molecule has 13 heavy (non-hydrogen) atoms. The third kappa shape index (κ3) is 3.81. The highest BCUT2D eigenvalue weighted by Crippen LogP contribution is 2.19. The first-order valence-corrected chi connectivity index (χ1v) is 5.82. The van der Waals surface area contributed by atoms with Crippen LogP contribution in [0.15, 0.2) is 23.1 Å². The van der Waals surface area contributed by atoms with E-state index in [4.69, 9.17) is 0 Å². The van der Waals surface area contributed by atoms with Crippen molar-refractivity contribution >= 4 is 11.8 Å². The highest BCUT2D eigenvalue weighted by atomic mass is 32.2. The summed E-state index contributed by atoms with van der Waals surface area (Å²) in [6.45, 7) is 6.02. The molecule has 0 N–H and O–H groups in total. The van der Waals surface area contributed by atoms with Crippen LogP contribution in [-0.2, 0) is 6.42 Å². The Morgan fingerprint density at radius 1 is 1.31 bits per heavy atom. The van der Waals surface area contributed by atoms with Crippen LogP contribution in [0.5, 0.6) is 0 Å². The fraction of sp³-hybridized carbons (Fsp3) is 0.455. The summed E-state index contributed by atoms with van der Waals surface area (Å²) >= 11 is 1.44. The van der Waals surface area contributed by atoms with E-state index in [-0.39, 0.29) is 5.82 Å². The molecule has 0 atom stereocenters. The lowest BCUT2D eigenvalue weighted by molar-refractivity contribution is 0.600. The summed E-state index contributed by atoms with van der Waals surface area (Å²) in [5.74, 6) is -0.100. The highest BCUT2D eigenvalue weighted by Gasteiger charge is 1.99. The Bertz CT molecular complexity index is 246. The Hall–Kier alpha value is -0.500. The first-order valence-electron chi connectivity index (χ1n) is 4.60. The lowest BCUT2D eigenvalue weighted by Gasteiger charge is -2.00. The van der Waals surface area contributed by atoms with E-state index in [2.05, 4.69) is 0 Å². The van der Waals surface area contributed by atoms with Crippen molar-refractivity contribution in [3.63, 3.8) is 0 Å². The molecule has 74 valence electrons. The van der Waals surface area contributed by atoms with Gasteiger partial charge in [-0.25, -0.2) is 4.39 Å². The molecule has 0 unspecified atom stereocenters. The molecule has 0 saturated heterocycles. The zero-order valence-electron chi connectivity index (χ0n) is 8.73. The summed E-state index contributed by atoms with van der Waals surface area (Å²) < 4.78 is 13.0. The minimum absolute atomic E-state index is 0.100. The predicted octanol–water partition coefficient (Wildman–Crippen LogP) is 4.14. The SMILES string of the molecule is CC.CCc1ccc(SC)c(F)c1. The van der Waals surface area contributed by atoms with Gasteiger partial charge in [0, 0.05) is 4.90 Å². The van der Waals surface area contributed by atoms with Gasteiger partial charge in [0.05, 0.1) is 0 Å². The number of rotatable bonds is 2. The van der Waals surface area contributed by atoms with Gasteiger partial charge in [0.2, 0.25) is 0 Å². The summed E-state index contributed by atoms with van der Waals surface area (Å²) in [6, 6.07) is 5.40. The van der Waals surface area contributed by atoms with E-state index in [9.17, 15) is 4.39 Å². The van der Waals surface area contributed by atoms with E-state index in [0.717, 1.165) is 16.9 Å². The summed E-state index contributed by atoms with van der Waals surface area (Å²) in [4.78, 5) is 0.724. The van der Waals surface area contributed by atoms with E-state index in [1.165, 1.54) is 11.8 Å². The van der Waals surface area contributed by atoms with Crippen molar-refractivity contribution in [2.45, 2.75) is 32.1 Å². The van der Waals surface area contributed by atoms with Crippen LogP contribution in [0.25, 0.3) is 0 Å². The van der Waals surface area contributed by atoms with Crippen LogP contribution in [0.3, 0.4) is 0 Å². The van der Waals surface area contributed by atoms with Gasteiger partial charge in [0.25, 0.3) is 0 Å². The minimum Gasteiger partial charge on any atom is -0.206 e. The van der Waals surface area contributed by atoms with E-state index in [1.807, 2.05) is 39.2 Å². The van der Waals surface area contributed by atoms with Gasteiger partial charge >= 0.3 is 0 Å². The van der Waals surface area contributed by atoms with Crippen LogP contribution in [0.1, 0.15) is 26.3 Å². The molecule has 1 rings (SSSR count). The van der Waals surface area contributed by atoms with Crippen molar-refractivity contribution in [3.05, 3.63) is 29.6 Å². The van der Waals surface area contributed by atoms with Crippen molar-refractivity contribution in [2.75, 3.05) is 6.26 Å². The third-order valence-electron chi connectivity index (χ3n) is 1.62. The fourth-order valence-electron chi connectivity index (χ4n) is 0.930. The van der Waals surface area contributed by atoms with Crippen LogP contribution in [0.2, 0.25) is 0 Å². The van der Waals surface area contributed by atoms with Crippen molar-refractivity contribution < 1.29 is 4.39 Å². The lowest BCUT2D eigenvalue weighted by Crippen LogP contribution is -1.84. The molecule has 0 heterocycles. The van der Waals surface area contributed by atoms with E-state index >= 15 is 0 Å². The molecule has 0 saturated carbocycles. The number of halogens is 1. The molecule has 0 aromatic heterocycles. The van der Waals surface area contributed by atoms with Crippen molar-refractivity contribution in [3.8, 4) is 0 Å². The molecular weight excluding hydrogens is 183 g/mol. The number of hydrogen-bond donors (Lipinski definition) is 0. The topological polar surface area (TPSA) is 0 Å². The van der Waals surface area contributed by atoms with Crippen LogP contribution >= 0.6 is 11.8 Å². The molecule has 0 bridgehead atoms. The second kappa shape index (κ2) is 6.96. The molecule has 2 heteroatoms. The smallest absolute Gasteiger partial charge is 0.137 e. The highest BCUT2D eigenvalue weighted by molar-refractivity contribution is 7.98. The first kappa shape index (κ1) is 12.5. The average Bonchev–Trinajstić information content (AvgIpc) is 2.20. The number of aryl methyl sites for hydroxylation is 1. The second-order valence-electron chi connectivity index (χ2n) is 2.32. The summed E-state index contributed by atoms with van der Waals surface area (Å²) in [5.41, 5.74) is 1.06. The normalized spacial score (nSPS) is 9.00. The molecule has 0 nitrogen and oxygen atoms in total. The zero-order chi connectivity index (χ0) is 10.3. The Morgan fingerprint density at radius 3 is 2.31 bits per heavy atom. The van der Waals surface area contributed by atoms with Crippen LogP contribution < -0.4 is 0 Å². The van der Waals surface area contributed by atoms with Crippen LogP contribution in [0.4, 0.5) is 4.39 Å². The molecule has 1 aromatic rings. The van der Waals surface area contributed by atoms with Gasteiger partial charge in [-0.15, -0.1) is 11.8 Å². The number of benzene rings is 1. The Kier molecular flexibility index (Phi) is 6.69. The lowest BCUT2D eigenvalue weighted by atomic mass is 10.2. The van der Waals surface area contributed by atoms with Gasteiger partial charge in [-0.2, -0.15) is 0 Å². The molecule has 0 radical (unpaired) electrons. The minimum atomic E-state index is -0.100. The van der Waals surface area contributed by atoms with Crippen molar-refractivity contribution in [1.82, 2.24) is 0 Å². The summed E-state index contributed by atoms with van der Waals surface area (Å²) in [6.07, 6.45) is 2.77. The van der Waals surface area contributed by atoms with E-state index < -0.39 is 0 Å². The van der Waals surface area contributed by atoms with Gasteiger partial charge < -0.3 is 0 Å². The Morgan fingerprint density at radius 2 is 1.92 bits per heavy atom. The molecule has 0 spiro atoms. The summed E-state index contributed by atoms with van der Waals surface area (Å²) in [7, 11) is 0. The van der Waals surface area contributed by atoms with E-state index in [1.54, 1.807) is 6.07 Å². The number of hydrogen-bond acceptors (Lipinski definition) is 1. The molecule has 1 aromatic carbocycles. The fourth-order valence-corrected chi connectivity index (χ4v) is 1.39. The van der Waals surface area contributed by atoms with Gasteiger partial charge in [0.1, 0.15) is 5.82 Å². The van der Waals surface area contributed by atoms with E-state index in [0.29, 0.717) is 0 Å². The maximum atomic E-state index is 13.0. The Labute approximate surface area is 84.6 Å². The standard InChI is InChI=1S/C9H11FS.C2H6/c1-3-7-4-5-9(11-2)8(10)6-7;1-2/h4-6H,3H2,1-2H3;1-2H3. The molecule has 0 aliphatic heterocycles. The maximum Gasteiger partial charge on any atom is 0.137 e. The predicted molar refractivity (Wildman–Crippen MR) is 58.9 cm³/mol. The van der Waals surface area contributed by atoms with Gasteiger partial charge in [-0.1, -0.05) is 26.8 Å². The molecule has 0 amide bonds. The van der Waals surface area contributed by atoms with Gasteiger partial charge in [0.15, 0.2) is 0 Å². The monoisotopic (exact) mass is 200 g/mol. The average molecular weight is 200 g/mol. The maximum absolute atomic E-state index is 13.0. The molecule has 0 aliphatic carbocycles. The molecule has 0 aliphatic rings. The first-order chi connectivity index (χ1) is 6.27. The van der Waals surface area contributed by atoms with Crippen molar-refractivity contribution in [2.24, 2.45) is 0 Å². The quantitative estimate of drug-likeness (QED) is 0.647.